The zero-order valence-electron chi connectivity index (χ0n) is 11.7. The average molecular weight is 351 g/mol. The summed E-state index contributed by atoms with van der Waals surface area (Å²) in [5, 5.41) is 4.19. The van der Waals surface area contributed by atoms with Gasteiger partial charge in [-0.05, 0) is 48.0 Å². The van der Waals surface area contributed by atoms with Crippen molar-refractivity contribution < 1.29 is 9.59 Å². The first kappa shape index (κ1) is 15.2. The van der Waals surface area contributed by atoms with Gasteiger partial charge in [0.25, 0.3) is 11.8 Å². The number of benzene rings is 1. The van der Waals surface area contributed by atoms with Crippen molar-refractivity contribution in [3.05, 3.63) is 51.8 Å². The normalized spacial score (nSPS) is 10.2. The van der Waals surface area contributed by atoms with Crippen molar-refractivity contribution in [2.24, 2.45) is 0 Å². The summed E-state index contributed by atoms with van der Waals surface area (Å²) < 4.78 is 2.24. The summed E-state index contributed by atoms with van der Waals surface area (Å²) in [5.74, 6) is -0.731. The van der Waals surface area contributed by atoms with E-state index < -0.39 is 0 Å². The molecule has 2 aromatic rings. The molecule has 7 heteroatoms. The molecule has 0 spiro atoms. The number of amides is 2. The van der Waals surface area contributed by atoms with Crippen LogP contribution in [-0.4, -0.2) is 21.6 Å². The molecule has 1 heterocycles. The van der Waals surface area contributed by atoms with Crippen molar-refractivity contribution in [3.63, 3.8) is 0 Å². The van der Waals surface area contributed by atoms with E-state index in [0.29, 0.717) is 10.0 Å². The van der Waals surface area contributed by atoms with Crippen LogP contribution in [0.4, 0.5) is 0 Å². The van der Waals surface area contributed by atoms with Gasteiger partial charge >= 0.3 is 0 Å². The molecule has 6 nitrogen and oxygen atoms in total. The number of hydrazine groups is 1. The van der Waals surface area contributed by atoms with Crippen LogP contribution in [-0.2, 0) is 11.3 Å². The Morgan fingerprint density at radius 3 is 2.57 bits per heavy atom. The van der Waals surface area contributed by atoms with Gasteiger partial charge in [-0.3, -0.25) is 25.1 Å². The summed E-state index contributed by atoms with van der Waals surface area (Å²) in [5.41, 5.74) is 6.93. The number of hydrogen-bond donors (Lipinski definition) is 2. The van der Waals surface area contributed by atoms with Crippen LogP contribution in [0.3, 0.4) is 0 Å². The molecule has 0 bridgehead atoms. The Hall–Kier alpha value is -2.15. The molecule has 0 aliphatic heterocycles. The van der Waals surface area contributed by atoms with Crippen molar-refractivity contribution in [3.8, 4) is 0 Å². The van der Waals surface area contributed by atoms with Crippen LogP contribution in [0, 0.1) is 13.8 Å². The highest BCUT2D eigenvalue weighted by atomic mass is 79.9. The molecule has 0 saturated heterocycles. The van der Waals surface area contributed by atoms with Crippen LogP contribution in [0.1, 0.15) is 21.7 Å². The lowest BCUT2D eigenvalue weighted by Crippen LogP contribution is -2.43. The Morgan fingerprint density at radius 1 is 1.24 bits per heavy atom. The Bertz CT molecular complexity index is 681. The van der Waals surface area contributed by atoms with Gasteiger partial charge in [-0.25, -0.2) is 0 Å². The van der Waals surface area contributed by atoms with E-state index in [0.717, 1.165) is 11.4 Å². The minimum Gasteiger partial charge on any atom is -0.271 e. The third-order valence-corrected chi connectivity index (χ3v) is 3.52. The summed E-state index contributed by atoms with van der Waals surface area (Å²) in [6, 6.07) is 8.85. The van der Waals surface area contributed by atoms with Crippen molar-refractivity contribution in [1.29, 1.82) is 0 Å². The Labute approximate surface area is 130 Å². The zero-order valence-corrected chi connectivity index (χ0v) is 13.3. The van der Waals surface area contributed by atoms with E-state index in [1.165, 1.54) is 0 Å². The SMILES string of the molecule is Cc1cc(C)n(CC(=O)NNC(=O)c2ccccc2Br)n1. The summed E-state index contributed by atoms with van der Waals surface area (Å²) in [7, 11) is 0. The molecule has 2 amide bonds. The van der Waals surface area contributed by atoms with Crippen LogP contribution in [0.15, 0.2) is 34.8 Å². The smallest absolute Gasteiger partial charge is 0.270 e. The lowest BCUT2D eigenvalue weighted by atomic mass is 10.2. The molecule has 21 heavy (non-hydrogen) atoms. The molecular formula is C14H15BrN4O2. The maximum atomic E-state index is 11.9. The average Bonchev–Trinajstić information content (AvgIpc) is 2.74. The number of aryl methyl sites for hydroxylation is 2. The maximum absolute atomic E-state index is 11.9. The van der Waals surface area contributed by atoms with Gasteiger partial charge in [0.1, 0.15) is 6.54 Å². The van der Waals surface area contributed by atoms with Crippen LogP contribution >= 0.6 is 15.9 Å². The standard InChI is InChI=1S/C14H15BrN4O2/c1-9-7-10(2)19(18-9)8-13(20)16-17-14(21)11-5-3-4-6-12(11)15/h3-7H,8H2,1-2H3,(H,16,20)(H,17,21). The quantitative estimate of drug-likeness (QED) is 0.827. The van der Waals surface area contributed by atoms with E-state index in [1.54, 1.807) is 22.9 Å². The molecule has 0 aliphatic rings. The van der Waals surface area contributed by atoms with Crippen molar-refractivity contribution in [2.75, 3.05) is 0 Å². The monoisotopic (exact) mass is 350 g/mol. The van der Waals surface area contributed by atoms with E-state index in [2.05, 4.69) is 31.9 Å². The molecule has 2 rings (SSSR count). The fourth-order valence-electron chi connectivity index (χ4n) is 1.85. The number of carbonyl (C=O) groups is 2. The van der Waals surface area contributed by atoms with Crippen LogP contribution in [0.25, 0.3) is 0 Å². The predicted octanol–water partition coefficient (Wildman–Crippen LogP) is 1.72. The number of rotatable bonds is 3. The molecule has 1 aromatic heterocycles. The number of nitrogens with zero attached hydrogens (tertiary/aromatic N) is 2. The van der Waals surface area contributed by atoms with Gasteiger partial charge in [-0.15, -0.1) is 0 Å². The summed E-state index contributed by atoms with van der Waals surface area (Å²) in [6.07, 6.45) is 0. The second-order valence-corrected chi connectivity index (χ2v) is 5.42. The zero-order chi connectivity index (χ0) is 15.4. The first-order chi connectivity index (χ1) is 9.97. The Morgan fingerprint density at radius 2 is 1.95 bits per heavy atom. The number of hydrogen-bond acceptors (Lipinski definition) is 3. The van der Waals surface area contributed by atoms with Crippen molar-refractivity contribution in [1.82, 2.24) is 20.6 Å². The second kappa shape index (κ2) is 6.53. The topological polar surface area (TPSA) is 76.0 Å². The van der Waals surface area contributed by atoms with E-state index in [9.17, 15) is 9.59 Å². The van der Waals surface area contributed by atoms with E-state index in [-0.39, 0.29) is 18.4 Å². The molecule has 1 aromatic carbocycles. The summed E-state index contributed by atoms with van der Waals surface area (Å²) in [4.78, 5) is 23.7. The van der Waals surface area contributed by atoms with Gasteiger partial charge < -0.3 is 0 Å². The van der Waals surface area contributed by atoms with Gasteiger partial charge in [-0.2, -0.15) is 5.10 Å². The third kappa shape index (κ3) is 3.91. The molecule has 0 atom stereocenters. The van der Waals surface area contributed by atoms with Crippen LogP contribution in [0.5, 0.6) is 0 Å². The second-order valence-electron chi connectivity index (χ2n) is 4.57. The highest BCUT2D eigenvalue weighted by Crippen LogP contribution is 2.15. The summed E-state index contributed by atoms with van der Waals surface area (Å²) >= 11 is 3.28. The highest BCUT2D eigenvalue weighted by molar-refractivity contribution is 9.10. The predicted molar refractivity (Wildman–Crippen MR) is 81.5 cm³/mol. The number of carbonyl (C=O) groups excluding carboxylic acids is 2. The molecule has 0 fully saturated rings. The largest absolute Gasteiger partial charge is 0.271 e. The minimum absolute atomic E-state index is 0.0515. The highest BCUT2D eigenvalue weighted by Gasteiger charge is 2.11. The van der Waals surface area contributed by atoms with Crippen molar-refractivity contribution in [2.45, 2.75) is 20.4 Å². The lowest BCUT2D eigenvalue weighted by Gasteiger charge is -2.09. The van der Waals surface area contributed by atoms with E-state index in [1.807, 2.05) is 26.0 Å². The number of halogens is 1. The first-order valence-corrected chi connectivity index (χ1v) is 7.11. The third-order valence-electron chi connectivity index (χ3n) is 2.83. The summed E-state index contributed by atoms with van der Waals surface area (Å²) in [6.45, 7) is 3.78. The lowest BCUT2D eigenvalue weighted by molar-refractivity contribution is -0.122. The maximum Gasteiger partial charge on any atom is 0.270 e. The number of nitrogens with one attached hydrogen (secondary N) is 2. The van der Waals surface area contributed by atoms with Gasteiger partial charge in [0.05, 0.1) is 11.3 Å². The number of aromatic nitrogens is 2. The Balaban J connectivity index is 1.91. The van der Waals surface area contributed by atoms with Gasteiger partial charge in [0.2, 0.25) is 0 Å². The fraction of sp³-hybridized carbons (Fsp3) is 0.214. The molecular weight excluding hydrogens is 336 g/mol. The molecule has 110 valence electrons. The molecule has 0 saturated carbocycles. The molecule has 0 aliphatic carbocycles. The fourth-order valence-corrected chi connectivity index (χ4v) is 2.31. The van der Waals surface area contributed by atoms with Crippen LogP contribution < -0.4 is 10.9 Å². The van der Waals surface area contributed by atoms with E-state index >= 15 is 0 Å². The molecule has 2 N–H and O–H groups in total. The van der Waals surface area contributed by atoms with Crippen molar-refractivity contribution >= 4 is 27.7 Å². The molecule has 0 radical (unpaired) electrons. The van der Waals surface area contributed by atoms with Crippen LogP contribution in [0.2, 0.25) is 0 Å². The molecule has 0 unspecified atom stereocenters. The minimum atomic E-state index is -0.385. The van der Waals surface area contributed by atoms with Gasteiger partial charge in [-0.1, -0.05) is 12.1 Å². The Kier molecular flexibility index (Phi) is 4.74. The first-order valence-electron chi connectivity index (χ1n) is 6.32. The van der Waals surface area contributed by atoms with E-state index in [4.69, 9.17) is 0 Å². The van der Waals surface area contributed by atoms with Gasteiger partial charge in [0.15, 0.2) is 0 Å². The van der Waals surface area contributed by atoms with Gasteiger partial charge in [0, 0.05) is 10.2 Å².